The van der Waals surface area contributed by atoms with Gasteiger partial charge in [-0.15, -0.1) is 24.9 Å². The second-order valence-corrected chi connectivity index (χ2v) is 8.53. The number of benzene rings is 1. The van der Waals surface area contributed by atoms with Gasteiger partial charge in [0, 0.05) is 56.5 Å². The van der Waals surface area contributed by atoms with Gasteiger partial charge in [-0.1, -0.05) is 36.4 Å². The number of anilines is 3. The third-order valence-corrected chi connectivity index (χ3v) is 6.40. The quantitative estimate of drug-likeness (QED) is 0.581. The summed E-state index contributed by atoms with van der Waals surface area (Å²) in [6, 6.07) is 8.64. The van der Waals surface area contributed by atoms with Gasteiger partial charge >= 0.3 is 0 Å². The van der Waals surface area contributed by atoms with Crippen molar-refractivity contribution >= 4 is 35.7 Å². The molecule has 0 bridgehead atoms. The Bertz CT molecular complexity index is 920. The van der Waals surface area contributed by atoms with Crippen molar-refractivity contribution in [2.45, 2.75) is 4.90 Å². The molecule has 4 rings (SSSR count). The molecular formula is C23H29N7S. The van der Waals surface area contributed by atoms with E-state index in [1.165, 1.54) is 16.0 Å². The summed E-state index contributed by atoms with van der Waals surface area (Å²) in [6.07, 6.45) is 5.94. The number of rotatable bonds is 9. The van der Waals surface area contributed by atoms with E-state index in [2.05, 4.69) is 78.9 Å². The summed E-state index contributed by atoms with van der Waals surface area (Å²) in [5, 5.41) is 6.34. The van der Waals surface area contributed by atoms with E-state index >= 15 is 0 Å². The maximum atomic E-state index is 4.61. The van der Waals surface area contributed by atoms with Crippen LogP contribution in [0.5, 0.6) is 0 Å². The molecular weight excluding hydrogens is 406 g/mol. The molecule has 8 heteroatoms. The maximum absolute atomic E-state index is 4.61. The zero-order valence-electron chi connectivity index (χ0n) is 17.8. The highest BCUT2D eigenvalue weighted by Gasteiger charge is 2.22. The molecule has 0 radical (unpaired) electrons. The van der Waals surface area contributed by atoms with Crippen LogP contribution in [0.4, 0.5) is 17.8 Å². The Kier molecular flexibility index (Phi) is 7.22. The minimum Gasteiger partial charge on any atom is -0.351 e. The molecule has 0 atom stereocenters. The number of piperazine rings is 1. The van der Waals surface area contributed by atoms with Gasteiger partial charge in [-0.25, -0.2) is 0 Å². The van der Waals surface area contributed by atoms with Crippen LogP contribution in [0, 0.1) is 0 Å². The average molecular weight is 436 g/mol. The number of hydrogen-bond acceptors (Lipinski definition) is 8. The second kappa shape index (κ2) is 10.5. The lowest BCUT2D eigenvalue weighted by Crippen LogP contribution is -2.47. The second-order valence-electron chi connectivity index (χ2n) is 7.51. The van der Waals surface area contributed by atoms with Crippen molar-refractivity contribution in [3.05, 3.63) is 60.7 Å². The van der Waals surface area contributed by atoms with E-state index in [9.17, 15) is 0 Å². The fourth-order valence-electron chi connectivity index (χ4n) is 3.64. The van der Waals surface area contributed by atoms with Crippen LogP contribution in [0.3, 0.4) is 0 Å². The Morgan fingerprint density at radius 3 is 2.29 bits per heavy atom. The van der Waals surface area contributed by atoms with Crippen LogP contribution in [0.15, 0.2) is 60.0 Å². The van der Waals surface area contributed by atoms with Gasteiger partial charge in [0.2, 0.25) is 17.8 Å². The Hall–Kier alpha value is -2.84. The average Bonchev–Trinajstić information content (AvgIpc) is 2.81. The minimum atomic E-state index is 0.557. The zero-order valence-corrected chi connectivity index (χ0v) is 18.6. The van der Waals surface area contributed by atoms with Gasteiger partial charge in [0.15, 0.2) is 0 Å². The molecule has 0 aliphatic carbocycles. The molecule has 3 heterocycles. The van der Waals surface area contributed by atoms with Crippen LogP contribution in [-0.4, -0.2) is 71.4 Å². The highest BCUT2D eigenvalue weighted by atomic mass is 32.2. The lowest BCUT2D eigenvalue weighted by Gasteiger charge is -2.35. The van der Waals surface area contributed by atoms with E-state index in [0.29, 0.717) is 30.9 Å². The van der Waals surface area contributed by atoms with Gasteiger partial charge in [-0.05, 0) is 17.2 Å². The van der Waals surface area contributed by atoms with Crippen LogP contribution in [-0.2, 0) is 0 Å². The molecule has 7 nitrogen and oxygen atoms in total. The summed E-state index contributed by atoms with van der Waals surface area (Å²) >= 11 is 1.94. The summed E-state index contributed by atoms with van der Waals surface area (Å²) in [6.45, 7) is 13.5. The first-order chi connectivity index (χ1) is 15.2. The first-order valence-electron chi connectivity index (χ1n) is 10.6. The summed E-state index contributed by atoms with van der Waals surface area (Å²) in [5.74, 6) is 2.89. The summed E-state index contributed by atoms with van der Waals surface area (Å²) in [5.41, 5.74) is 2.83. The number of fused-ring (bicyclic) bond motifs is 1. The first-order valence-corrected chi connectivity index (χ1v) is 11.6. The first kappa shape index (κ1) is 21.4. The summed E-state index contributed by atoms with van der Waals surface area (Å²) in [7, 11) is 0. The number of thioether (sulfide) groups is 1. The van der Waals surface area contributed by atoms with Gasteiger partial charge in [0.25, 0.3) is 0 Å². The lowest BCUT2D eigenvalue weighted by atomic mass is 10.1. The number of nitrogens with zero attached hydrogens (tertiary/aromatic N) is 5. The van der Waals surface area contributed by atoms with E-state index in [1.807, 2.05) is 11.8 Å². The normalized spacial score (nSPS) is 16.3. The molecule has 1 aromatic carbocycles. The smallest absolute Gasteiger partial charge is 0.232 e. The lowest BCUT2D eigenvalue weighted by molar-refractivity contribution is 0.277. The van der Waals surface area contributed by atoms with E-state index < -0.39 is 0 Å². The molecule has 2 aliphatic heterocycles. The molecule has 0 spiro atoms. The van der Waals surface area contributed by atoms with E-state index in [1.54, 1.807) is 12.2 Å². The van der Waals surface area contributed by atoms with Gasteiger partial charge in [0.05, 0.1) is 0 Å². The van der Waals surface area contributed by atoms with E-state index in [0.717, 1.165) is 38.5 Å². The van der Waals surface area contributed by atoms with Crippen molar-refractivity contribution in [1.29, 1.82) is 0 Å². The fraction of sp³-hybridized carbons (Fsp3) is 0.348. The predicted molar refractivity (Wildman–Crippen MR) is 131 cm³/mol. The molecule has 2 aromatic rings. The minimum absolute atomic E-state index is 0.557. The molecule has 0 unspecified atom stereocenters. The van der Waals surface area contributed by atoms with Crippen LogP contribution < -0.4 is 15.5 Å². The Morgan fingerprint density at radius 2 is 1.61 bits per heavy atom. The third kappa shape index (κ3) is 5.65. The maximum Gasteiger partial charge on any atom is 0.232 e. The Balaban J connectivity index is 1.38. The molecule has 1 fully saturated rings. The van der Waals surface area contributed by atoms with Crippen molar-refractivity contribution in [1.82, 2.24) is 19.9 Å². The monoisotopic (exact) mass is 435 g/mol. The topological polar surface area (TPSA) is 69.2 Å². The summed E-state index contributed by atoms with van der Waals surface area (Å²) < 4.78 is 0. The van der Waals surface area contributed by atoms with E-state index in [4.69, 9.17) is 0 Å². The van der Waals surface area contributed by atoms with Crippen molar-refractivity contribution in [3.8, 4) is 0 Å². The van der Waals surface area contributed by atoms with Crippen LogP contribution in [0.1, 0.15) is 5.56 Å². The van der Waals surface area contributed by atoms with Crippen LogP contribution in [0.2, 0.25) is 0 Å². The molecule has 2 N–H and O–H groups in total. The highest BCUT2D eigenvalue weighted by Crippen LogP contribution is 2.31. The van der Waals surface area contributed by atoms with Crippen molar-refractivity contribution in [2.75, 3.05) is 67.1 Å². The van der Waals surface area contributed by atoms with Gasteiger partial charge < -0.3 is 15.5 Å². The van der Waals surface area contributed by atoms with Crippen molar-refractivity contribution in [3.63, 3.8) is 0 Å². The van der Waals surface area contributed by atoms with Crippen LogP contribution in [0.25, 0.3) is 6.08 Å². The molecule has 1 aromatic heterocycles. The predicted octanol–water partition coefficient (Wildman–Crippen LogP) is 3.38. The summed E-state index contributed by atoms with van der Waals surface area (Å²) in [4.78, 5) is 19.8. The SMILES string of the molecule is C=CCNc1nc(NCC=C)nc(N2CCN(CC3=Cc4ccccc4SC3)CC2)n1. The van der Waals surface area contributed by atoms with Gasteiger partial charge in [-0.2, -0.15) is 15.0 Å². The highest BCUT2D eigenvalue weighted by molar-refractivity contribution is 7.99. The molecule has 162 valence electrons. The van der Waals surface area contributed by atoms with Crippen LogP contribution >= 0.6 is 11.8 Å². The molecule has 0 saturated carbocycles. The Morgan fingerprint density at radius 1 is 0.935 bits per heavy atom. The number of hydrogen-bond donors (Lipinski definition) is 2. The van der Waals surface area contributed by atoms with Crippen molar-refractivity contribution < 1.29 is 0 Å². The van der Waals surface area contributed by atoms with Gasteiger partial charge in [-0.3, -0.25) is 4.90 Å². The molecule has 0 amide bonds. The van der Waals surface area contributed by atoms with E-state index in [-0.39, 0.29) is 0 Å². The largest absolute Gasteiger partial charge is 0.351 e. The molecule has 2 aliphatic rings. The number of aromatic nitrogens is 3. The standard InChI is InChI=1S/C23H29N7S/c1-3-9-24-21-26-22(25-10-4-2)28-23(27-21)30-13-11-29(12-14-30)16-18-15-19-7-5-6-8-20(19)31-17-18/h3-8,15H,1-2,9-14,16-17H2,(H2,24,25,26,27,28). The Labute approximate surface area is 188 Å². The molecule has 1 saturated heterocycles. The molecule has 31 heavy (non-hydrogen) atoms. The van der Waals surface area contributed by atoms with Gasteiger partial charge in [0.1, 0.15) is 0 Å². The van der Waals surface area contributed by atoms with Crippen molar-refractivity contribution in [2.24, 2.45) is 0 Å². The fourth-order valence-corrected chi connectivity index (χ4v) is 4.62. The number of nitrogens with one attached hydrogen (secondary N) is 2. The zero-order chi connectivity index (χ0) is 21.5. The third-order valence-electron chi connectivity index (χ3n) is 5.21.